The van der Waals surface area contributed by atoms with E-state index in [2.05, 4.69) is 55.4 Å². The molecule has 0 heterocycles. The molecule has 2 heteroatoms. The molecule has 2 aliphatic rings. The molecule has 2 aliphatic carbocycles. The first kappa shape index (κ1) is 15.1. The zero-order chi connectivity index (χ0) is 14.8. The third-order valence-corrected chi connectivity index (χ3v) is 5.27. The molecule has 0 aliphatic heterocycles. The quantitative estimate of drug-likeness (QED) is 0.852. The number of hydrogen-bond acceptors (Lipinski definition) is 2. The lowest BCUT2D eigenvalue weighted by Crippen LogP contribution is -2.47. The van der Waals surface area contributed by atoms with Crippen LogP contribution < -0.4 is 5.32 Å². The Bertz CT molecular complexity index is 466. The molecular formula is C19H30N2. The molecule has 0 saturated heterocycles. The molecule has 1 fully saturated rings. The van der Waals surface area contributed by atoms with Crippen LogP contribution in [-0.2, 0) is 0 Å². The van der Waals surface area contributed by atoms with Gasteiger partial charge in [-0.15, -0.1) is 0 Å². The minimum absolute atomic E-state index is 0.501. The van der Waals surface area contributed by atoms with Gasteiger partial charge in [0.05, 0.1) is 0 Å². The van der Waals surface area contributed by atoms with Crippen LogP contribution in [0, 0.1) is 5.92 Å². The summed E-state index contributed by atoms with van der Waals surface area (Å²) >= 11 is 0. The summed E-state index contributed by atoms with van der Waals surface area (Å²) in [4.78, 5) is 2.64. The van der Waals surface area contributed by atoms with Crippen molar-refractivity contribution >= 4 is 0 Å². The van der Waals surface area contributed by atoms with Gasteiger partial charge in [-0.1, -0.05) is 38.1 Å². The molecule has 0 radical (unpaired) electrons. The predicted octanol–water partition coefficient (Wildman–Crippen LogP) is 3.94. The minimum Gasteiger partial charge on any atom is -0.309 e. The Kier molecular flexibility index (Phi) is 4.66. The van der Waals surface area contributed by atoms with Crippen LogP contribution in [0.4, 0.5) is 0 Å². The van der Waals surface area contributed by atoms with Crippen LogP contribution in [0.3, 0.4) is 0 Å². The second-order valence-electron chi connectivity index (χ2n) is 7.15. The van der Waals surface area contributed by atoms with E-state index in [-0.39, 0.29) is 0 Å². The summed E-state index contributed by atoms with van der Waals surface area (Å²) in [5.41, 5.74) is 3.10. The Labute approximate surface area is 129 Å². The van der Waals surface area contributed by atoms with E-state index < -0.39 is 0 Å². The molecule has 0 amide bonds. The number of benzene rings is 1. The first-order valence-corrected chi connectivity index (χ1v) is 8.73. The fourth-order valence-corrected chi connectivity index (χ4v) is 3.90. The molecule has 0 aromatic heterocycles. The summed E-state index contributed by atoms with van der Waals surface area (Å²) in [6, 6.07) is 10.2. The van der Waals surface area contributed by atoms with E-state index in [0.29, 0.717) is 18.0 Å². The van der Waals surface area contributed by atoms with Gasteiger partial charge in [-0.25, -0.2) is 0 Å². The highest BCUT2D eigenvalue weighted by atomic mass is 15.2. The zero-order valence-corrected chi connectivity index (χ0v) is 13.8. The molecule has 3 atom stereocenters. The molecule has 3 rings (SSSR count). The molecule has 0 bridgehead atoms. The summed E-state index contributed by atoms with van der Waals surface area (Å²) in [5, 5.41) is 3.83. The van der Waals surface area contributed by atoms with Crippen molar-refractivity contribution in [2.75, 3.05) is 20.1 Å². The number of nitrogens with one attached hydrogen (secondary N) is 1. The van der Waals surface area contributed by atoms with Gasteiger partial charge in [0.2, 0.25) is 0 Å². The first-order chi connectivity index (χ1) is 10.2. The van der Waals surface area contributed by atoms with Crippen molar-refractivity contribution in [3.05, 3.63) is 35.4 Å². The van der Waals surface area contributed by atoms with Gasteiger partial charge in [-0.05, 0) is 62.2 Å². The van der Waals surface area contributed by atoms with Crippen molar-refractivity contribution in [1.29, 1.82) is 0 Å². The van der Waals surface area contributed by atoms with Gasteiger partial charge >= 0.3 is 0 Å². The van der Waals surface area contributed by atoms with Gasteiger partial charge < -0.3 is 10.2 Å². The summed E-state index contributed by atoms with van der Waals surface area (Å²) in [6.45, 7) is 7.05. The average molecular weight is 286 g/mol. The van der Waals surface area contributed by atoms with E-state index in [1.54, 1.807) is 5.56 Å². The van der Waals surface area contributed by atoms with Crippen molar-refractivity contribution in [2.45, 2.75) is 57.5 Å². The number of nitrogens with zero attached hydrogens (tertiary/aromatic N) is 1. The van der Waals surface area contributed by atoms with Crippen LogP contribution in [0.15, 0.2) is 24.3 Å². The standard InChI is InChI=1S/C19H30N2/c1-4-11-20-19-17-8-6-5-7-16(17)14(2)12-18(19)21(3)13-15-9-10-15/h5-8,14-15,18-20H,4,9-13H2,1-3H3. The Hall–Kier alpha value is -0.860. The normalized spacial score (nSPS) is 28.7. The molecule has 1 N–H and O–H groups in total. The van der Waals surface area contributed by atoms with Crippen molar-refractivity contribution in [2.24, 2.45) is 5.92 Å². The molecule has 1 aromatic carbocycles. The Morgan fingerprint density at radius 3 is 2.57 bits per heavy atom. The lowest BCUT2D eigenvalue weighted by Gasteiger charge is -2.42. The monoisotopic (exact) mass is 286 g/mol. The number of hydrogen-bond donors (Lipinski definition) is 1. The topological polar surface area (TPSA) is 15.3 Å². The van der Waals surface area contributed by atoms with E-state index >= 15 is 0 Å². The highest BCUT2D eigenvalue weighted by Crippen LogP contribution is 2.40. The third-order valence-electron chi connectivity index (χ3n) is 5.27. The van der Waals surface area contributed by atoms with Crippen LogP contribution in [0.2, 0.25) is 0 Å². The van der Waals surface area contributed by atoms with Gasteiger partial charge in [0.25, 0.3) is 0 Å². The third kappa shape index (κ3) is 3.32. The second-order valence-corrected chi connectivity index (χ2v) is 7.15. The van der Waals surface area contributed by atoms with Gasteiger partial charge in [0.1, 0.15) is 0 Å². The smallest absolute Gasteiger partial charge is 0.0481 e. The molecule has 21 heavy (non-hydrogen) atoms. The minimum atomic E-state index is 0.501. The summed E-state index contributed by atoms with van der Waals surface area (Å²) in [7, 11) is 2.34. The molecular weight excluding hydrogens is 256 g/mol. The van der Waals surface area contributed by atoms with Crippen molar-refractivity contribution in [3.63, 3.8) is 0 Å². The van der Waals surface area contributed by atoms with Crippen molar-refractivity contribution in [1.82, 2.24) is 10.2 Å². The summed E-state index contributed by atoms with van der Waals surface area (Å²) in [5.74, 6) is 1.64. The number of rotatable bonds is 6. The zero-order valence-electron chi connectivity index (χ0n) is 13.8. The SMILES string of the molecule is CCCNC1c2ccccc2C(C)CC1N(C)CC1CC1. The average Bonchev–Trinajstić information content (AvgIpc) is 3.30. The number of fused-ring (bicyclic) bond motifs is 1. The van der Waals surface area contributed by atoms with Crippen molar-refractivity contribution in [3.8, 4) is 0 Å². The molecule has 1 aromatic rings. The van der Waals surface area contributed by atoms with Crippen molar-refractivity contribution < 1.29 is 0 Å². The fraction of sp³-hybridized carbons (Fsp3) is 0.684. The van der Waals surface area contributed by atoms with Crippen LogP contribution in [0.25, 0.3) is 0 Å². The van der Waals surface area contributed by atoms with Crippen LogP contribution in [0.1, 0.15) is 62.6 Å². The van der Waals surface area contributed by atoms with Crippen LogP contribution in [0.5, 0.6) is 0 Å². The summed E-state index contributed by atoms with van der Waals surface area (Å²) in [6.07, 6.45) is 5.36. The van der Waals surface area contributed by atoms with E-state index in [9.17, 15) is 0 Å². The molecule has 2 nitrogen and oxygen atoms in total. The summed E-state index contributed by atoms with van der Waals surface area (Å²) < 4.78 is 0. The van der Waals surface area contributed by atoms with Gasteiger partial charge in [-0.3, -0.25) is 0 Å². The fourth-order valence-electron chi connectivity index (χ4n) is 3.90. The number of likely N-dealkylation sites (N-methyl/N-ethyl adjacent to an activating group) is 1. The van der Waals surface area contributed by atoms with E-state index in [4.69, 9.17) is 0 Å². The first-order valence-electron chi connectivity index (χ1n) is 8.73. The van der Waals surface area contributed by atoms with Gasteiger partial charge in [0, 0.05) is 18.6 Å². The highest BCUT2D eigenvalue weighted by molar-refractivity contribution is 5.36. The highest BCUT2D eigenvalue weighted by Gasteiger charge is 2.36. The Morgan fingerprint density at radius 2 is 1.90 bits per heavy atom. The van der Waals surface area contributed by atoms with Crippen LogP contribution in [-0.4, -0.2) is 31.1 Å². The maximum Gasteiger partial charge on any atom is 0.0481 e. The molecule has 1 saturated carbocycles. The molecule has 0 spiro atoms. The van der Waals surface area contributed by atoms with E-state index in [1.165, 1.54) is 37.8 Å². The second kappa shape index (κ2) is 6.50. The predicted molar refractivity (Wildman–Crippen MR) is 89.7 cm³/mol. The maximum absolute atomic E-state index is 3.83. The largest absolute Gasteiger partial charge is 0.309 e. The lowest BCUT2D eigenvalue weighted by atomic mass is 9.77. The Morgan fingerprint density at radius 1 is 1.19 bits per heavy atom. The molecule has 3 unspecified atom stereocenters. The molecule has 116 valence electrons. The van der Waals surface area contributed by atoms with E-state index in [1.807, 2.05) is 0 Å². The van der Waals surface area contributed by atoms with Gasteiger partial charge in [0.15, 0.2) is 0 Å². The lowest BCUT2D eigenvalue weighted by molar-refractivity contribution is 0.158. The van der Waals surface area contributed by atoms with Crippen LogP contribution >= 0.6 is 0 Å². The maximum atomic E-state index is 3.83. The van der Waals surface area contributed by atoms with E-state index in [0.717, 1.165) is 12.5 Å². The van der Waals surface area contributed by atoms with Gasteiger partial charge in [-0.2, -0.15) is 0 Å². The Balaban J connectivity index is 1.83.